The van der Waals surface area contributed by atoms with E-state index in [1.54, 1.807) is 42.5 Å². The average Bonchev–Trinajstić information content (AvgIpc) is 3.37. The number of aromatic nitrogens is 3. The molecule has 10 heteroatoms. The summed E-state index contributed by atoms with van der Waals surface area (Å²) in [6, 6.07) is 11.3. The van der Waals surface area contributed by atoms with E-state index in [2.05, 4.69) is 20.6 Å². The number of furan rings is 1. The van der Waals surface area contributed by atoms with Gasteiger partial charge in [-0.1, -0.05) is 27.7 Å². The van der Waals surface area contributed by atoms with Crippen LogP contribution >= 0.6 is 0 Å². The molecule has 0 aliphatic carbocycles. The zero-order valence-electron chi connectivity index (χ0n) is 20.4. The maximum Gasteiger partial charge on any atom is 0.330 e. The van der Waals surface area contributed by atoms with E-state index in [-0.39, 0.29) is 34.2 Å². The van der Waals surface area contributed by atoms with Gasteiger partial charge in [0, 0.05) is 23.6 Å². The number of pyridine rings is 1. The molecule has 10 nitrogen and oxygen atoms in total. The molecular weight excluding hydrogens is 462 g/mol. The highest BCUT2D eigenvalue weighted by Gasteiger charge is 2.21. The summed E-state index contributed by atoms with van der Waals surface area (Å²) in [7, 11) is 0. The number of fused-ring (bicyclic) bond motifs is 1. The van der Waals surface area contributed by atoms with Crippen LogP contribution in [0.15, 0.2) is 62.7 Å². The summed E-state index contributed by atoms with van der Waals surface area (Å²) in [5, 5.41) is 5.55. The summed E-state index contributed by atoms with van der Waals surface area (Å²) in [5.74, 6) is -0.658. The minimum atomic E-state index is -0.668. The molecule has 0 bridgehead atoms. The maximum absolute atomic E-state index is 13.3. The molecule has 0 fully saturated rings. The van der Waals surface area contributed by atoms with E-state index in [1.807, 2.05) is 27.7 Å². The van der Waals surface area contributed by atoms with Crippen LogP contribution in [-0.4, -0.2) is 26.3 Å². The third-order valence-electron chi connectivity index (χ3n) is 5.50. The van der Waals surface area contributed by atoms with Crippen LogP contribution in [0, 0.1) is 5.92 Å². The van der Waals surface area contributed by atoms with Gasteiger partial charge in [0.1, 0.15) is 0 Å². The number of amides is 2. The van der Waals surface area contributed by atoms with Gasteiger partial charge in [0.15, 0.2) is 11.4 Å². The number of nitrogens with zero attached hydrogens (tertiary/aromatic N) is 2. The van der Waals surface area contributed by atoms with E-state index in [1.165, 1.54) is 10.8 Å². The molecule has 36 heavy (non-hydrogen) atoms. The fourth-order valence-corrected chi connectivity index (χ4v) is 3.74. The fourth-order valence-electron chi connectivity index (χ4n) is 3.74. The van der Waals surface area contributed by atoms with Crippen molar-refractivity contribution in [2.75, 3.05) is 10.6 Å². The Hall–Kier alpha value is -4.47. The number of hydrogen-bond acceptors (Lipinski definition) is 6. The first-order chi connectivity index (χ1) is 17.1. The van der Waals surface area contributed by atoms with Gasteiger partial charge in [0.05, 0.1) is 17.2 Å². The van der Waals surface area contributed by atoms with Crippen LogP contribution in [0.4, 0.5) is 11.4 Å². The van der Waals surface area contributed by atoms with Gasteiger partial charge < -0.3 is 15.1 Å². The Kier molecular flexibility index (Phi) is 6.86. The number of carbonyl (C=O) groups excluding carboxylic acids is 2. The summed E-state index contributed by atoms with van der Waals surface area (Å²) < 4.78 is 6.48. The predicted octanol–water partition coefficient (Wildman–Crippen LogP) is 3.96. The van der Waals surface area contributed by atoms with Crippen molar-refractivity contribution in [3.8, 4) is 0 Å². The normalized spacial score (nSPS) is 11.3. The Morgan fingerprint density at radius 2 is 1.64 bits per heavy atom. The minimum Gasteiger partial charge on any atom is -0.459 e. The lowest BCUT2D eigenvalue weighted by molar-refractivity contribution is 0.0994. The van der Waals surface area contributed by atoms with Crippen molar-refractivity contribution < 1.29 is 14.0 Å². The Labute approximate surface area is 206 Å². The number of anilines is 2. The Morgan fingerprint density at radius 3 is 2.19 bits per heavy atom. The van der Waals surface area contributed by atoms with Gasteiger partial charge in [-0.3, -0.25) is 23.9 Å². The highest BCUT2D eigenvalue weighted by atomic mass is 16.3. The third-order valence-corrected chi connectivity index (χ3v) is 5.50. The van der Waals surface area contributed by atoms with Crippen molar-refractivity contribution in [3.05, 3.63) is 86.6 Å². The predicted molar refractivity (Wildman–Crippen MR) is 137 cm³/mol. The maximum atomic E-state index is 13.3. The molecule has 3 heterocycles. The zero-order chi connectivity index (χ0) is 26.0. The zero-order valence-corrected chi connectivity index (χ0v) is 20.4. The van der Waals surface area contributed by atoms with Crippen LogP contribution in [0.1, 0.15) is 60.2 Å². The first-order valence-corrected chi connectivity index (χ1v) is 11.6. The summed E-state index contributed by atoms with van der Waals surface area (Å²) in [6.07, 6.45) is 1.41. The molecule has 4 aromatic rings. The van der Waals surface area contributed by atoms with E-state index in [4.69, 9.17) is 4.42 Å². The first-order valence-electron chi connectivity index (χ1n) is 11.6. The van der Waals surface area contributed by atoms with Crippen molar-refractivity contribution in [1.82, 2.24) is 14.5 Å². The van der Waals surface area contributed by atoms with Gasteiger partial charge in [-0.05, 0) is 54.3 Å². The molecule has 0 atom stereocenters. The molecule has 0 spiro atoms. The lowest BCUT2D eigenvalue weighted by Crippen LogP contribution is -2.33. The SMILES string of the molecule is CC(C)Cn1c(=O)[nH]c(=O)c2c(C(=O)Nc3ccc(NC(=O)c4ccco4)cc3)cc(C(C)C)nc21. The molecule has 2 amide bonds. The quantitative estimate of drug-likeness (QED) is 0.359. The molecule has 0 saturated carbocycles. The summed E-state index contributed by atoms with van der Waals surface area (Å²) in [6.45, 7) is 8.08. The van der Waals surface area contributed by atoms with Crippen LogP contribution in [0.5, 0.6) is 0 Å². The van der Waals surface area contributed by atoms with Crippen molar-refractivity contribution in [1.29, 1.82) is 0 Å². The topological polar surface area (TPSA) is 139 Å². The van der Waals surface area contributed by atoms with E-state index >= 15 is 0 Å². The second-order valence-electron chi connectivity index (χ2n) is 9.17. The minimum absolute atomic E-state index is 0.0418. The monoisotopic (exact) mass is 489 g/mol. The molecule has 1 aromatic carbocycles. The largest absolute Gasteiger partial charge is 0.459 e. The lowest BCUT2D eigenvalue weighted by atomic mass is 10.0. The molecule has 3 N–H and O–H groups in total. The molecule has 186 valence electrons. The van der Waals surface area contributed by atoms with Gasteiger partial charge in [-0.25, -0.2) is 9.78 Å². The number of rotatable bonds is 7. The van der Waals surface area contributed by atoms with Crippen molar-refractivity contribution in [2.45, 2.75) is 40.2 Å². The highest BCUT2D eigenvalue weighted by Crippen LogP contribution is 2.22. The number of nitrogens with one attached hydrogen (secondary N) is 3. The van der Waals surface area contributed by atoms with Gasteiger partial charge >= 0.3 is 5.69 Å². The van der Waals surface area contributed by atoms with E-state index in [0.29, 0.717) is 23.6 Å². The second kappa shape index (κ2) is 10.0. The van der Waals surface area contributed by atoms with Crippen LogP contribution < -0.4 is 21.9 Å². The number of benzene rings is 1. The molecule has 0 saturated heterocycles. The number of carbonyl (C=O) groups is 2. The number of aromatic amines is 1. The second-order valence-corrected chi connectivity index (χ2v) is 9.17. The van der Waals surface area contributed by atoms with E-state index in [0.717, 1.165) is 0 Å². The Bertz CT molecular complexity index is 1530. The van der Waals surface area contributed by atoms with Gasteiger partial charge in [0.2, 0.25) is 0 Å². The lowest BCUT2D eigenvalue weighted by Gasteiger charge is -2.16. The smallest absolute Gasteiger partial charge is 0.330 e. The molecule has 0 unspecified atom stereocenters. The van der Waals surface area contributed by atoms with Crippen LogP contribution in [0.2, 0.25) is 0 Å². The first kappa shape index (κ1) is 24.6. The van der Waals surface area contributed by atoms with Gasteiger partial charge in [-0.2, -0.15) is 0 Å². The van der Waals surface area contributed by atoms with Crippen LogP contribution in [0.25, 0.3) is 11.0 Å². The number of hydrogen-bond donors (Lipinski definition) is 3. The number of H-pyrrole nitrogens is 1. The summed E-state index contributed by atoms with van der Waals surface area (Å²) in [4.78, 5) is 57.7. The summed E-state index contributed by atoms with van der Waals surface area (Å²) in [5.41, 5.74) is 0.639. The molecule has 0 radical (unpaired) electrons. The molecule has 4 rings (SSSR count). The van der Waals surface area contributed by atoms with E-state index < -0.39 is 23.1 Å². The van der Waals surface area contributed by atoms with Crippen molar-refractivity contribution in [3.63, 3.8) is 0 Å². The van der Waals surface area contributed by atoms with Crippen LogP contribution in [-0.2, 0) is 6.54 Å². The van der Waals surface area contributed by atoms with Crippen molar-refractivity contribution in [2.24, 2.45) is 5.92 Å². The highest BCUT2D eigenvalue weighted by molar-refractivity contribution is 6.12. The average molecular weight is 490 g/mol. The Morgan fingerprint density at radius 1 is 1.00 bits per heavy atom. The van der Waals surface area contributed by atoms with Crippen LogP contribution in [0.3, 0.4) is 0 Å². The molecule has 0 aliphatic rings. The molecular formula is C26H27N5O5. The van der Waals surface area contributed by atoms with E-state index in [9.17, 15) is 19.2 Å². The summed E-state index contributed by atoms with van der Waals surface area (Å²) >= 11 is 0. The standard InChI is InChI=1S/C26H27N5O5/c1-14(2)13-31-22-21(25(34)30-26(31)35)18(12-19(29-22)15(3)4)23(32)27-16-7-9-17(10-8-16)28-24(33)20-6-5-11-36-20/h5-12,14-15H,13H2,1-4H3,(H,27,32)(H,28,33)(H,30,34,35). The molecule has 0 aliphatic heterocycles. The fraction of sp³-hybridized carbons (Fsp3) is 0.269. The van der Waals surface area contributed by atoms with Crippen molar-refractivity contribution >= 4 is 34.2 Å². The molecule has 3 aromatic heterocycles. The third kappa shape index (κ3) is 5.12. The van der Waals surface area contributed by atoms with Gasteiger partial charge in [0.25, 0.3) is 17.4 Å². The Balaban J connectivity index is 1.68. The van der Waals surface area contributed by atoms with Gasteiger partial charge in [-0.15, -0.1) is 0 Å².